The Morgan fingerprint density at radius 3 is 2.25 bits per heavy atom. The number of amides is 2. The fraction of sp³-hybridized carbons (Fsp3) is 0.846. The summed E-state index contributed by atoms with van der Waals surface area (Å²) in [5, 5.41) is 3.37. The van der Waals surface area contributed by atoms with Gasteiger partial charge in [0.05, 0.1) is 6.54 Å². The molecule has 0 aromatic rings. The molecule has 0 saturated carbocycles. The van der Waals surface area contributed by atoms with Crippen LogP contribution in [0.1, 0.15) is 13.8 Å². The van der Waals surface area contributed by atoms with Crippen molar-refractivity contribution in [2.45, 2.75) is 19.9 Å². The molecule has 0 spiro atoms. The van der Waals surface area contributed by atoms with Crippen LogP contribution in [0.25, 0.3) is 0 Å². The van der Waals surface area contributed by atoms with Gasteiger partial charge in [-0.2, -0.15) is 0 Å². The molecule has 0 aromatic heterocycles. The van der Waals surface area contributed by atoms with Gasteiger partial charge < -0.3 is 15.1 Å². The number of nitrogens with one attached hydrogen (secondary N) is 1. The van der Waals surface area contributed by atoms with Crippen molar-refractivity contribution in [3.63, 3.8) is 0 Å². The SMILES string of the molecule is CC(=O)N1CCN(C(=O)CN2CCNC(C)C2)CC1.Cl. The van der Waals surface area contributed by atoms with Gasteiger partial charge in [0, 0.05) is 58.8 Å². The first-order valence-electron chi connectivity index (χ1n) is 7.05. The van der Waals surface area contributed by atoms with Crippen LogP contribution < -0.4 is 5.32 Å². The maximum Gasteiger partial charge on any atom is 0.236 e. The van der Waals surface area contributed by atoms with E-state index in [0.717, 1.165) is 19.6 Å². The van der Waals surface area contributed by atoms with Crippen molar-refractivity contribution in [2.24, 2.45) is 0 Å². The summed E-state index contributed by atoms with van der Waals surface area (Å²) in [5.74, 6) is 0.292. The quantitative estimate of drug-likeness (QED) is 0.740. The zero-order valence-electron chi connectivity index (χ0n) is 12.3. The van der Waals surface area contributed by atoms with Gasteiger partial charge in [0.2, 0.25) is 11.8 Å². The van der Waals surface area contributed by atoms with Crippen molar-refractivity contribution >= 4 is 24.2 Å². The van der Waals surface area contributed by atoms with Crippen molar-refractivity contribution in [3.8, 4) is 0 Å². The Morgan fingerprint density at radius 1 is 1.10 bits per heavy atom. The lowest BCUT2D eigenvalue weighted by atomic mass is 10.2. The first kappa shape index (κ1) is 17.2. The number of carbonyl (C=O) groups excluding carboxylic acids is 2. The summed E-state index contributed by atoms with van der Waals surface area (Å²) in [6.45, 7) is 9.71. The van der Waals surface area contributed by atoms with E-state index in [1.54, 1.807) is 11.8 Å². The van der Waals surface area contributed by atoms with E-state index in [0.29, 0.717) is 38.8 Å². The van der Waals surface area contributed by atoms with Gasteiger partial charge in [0.25, 0.3) is 0 Å². The summed E-state index contributed by atoms with van der Waals surface area (Å²) in [6, 6.07) is 0.455. The summed E-state index contributed by atoms with van der Waals surface area (Å²) in [5.41, 5.74) is 0. The largest absolute Gasteiger partial charge is 0.339 e. The Hall–Kier alpha value is -0.850. The number of rotatable bonds is 2. The van der Waals surface area contributed by atoms with Gasteiger partial charge >= 0.3 is 0 Å². The van der Waals surface area contributed by atoms with E-state index >= 15 is 0 Å². The van der Waals surface area contributed by atoms with E-state index < -0.39 is 0 Å². The van der Waals surface area contributed by atoms with Gasteiger partial charge in [0.1, 0.15) is 0 Å². The zero-order valence-corrected chi connectivity index (χ0v) is 13.1. The lowest BCUT2D eigenvalue weighted by molar-refractivity contribution is -0.139. The minimum Gasteiger partial charge on any atom is -0.339 e. The Labute approximate surface area is 126 Å². The number of hydrogen-bond acceptors (Lipinski definition) is 4. The van der Waals surface area contributed by atoms with E-state index in [4.69, 9.17) is 0 Å². The molecule has 2 aliphatic rings. The van der Waals surface area contributed by atoms with Gasteiger partial charge in [-0.1, -0.05) is 0 Å². The third kappa shape index (κ3) is 4.61. The molecular weight excluding hydrogens is 280 g/mol. The van der Waals surface area contributed by atoms with E-state index in [1.807, 2.05) is 4.90 Å². The number of hydrogen-bond donors (Lipinski definition) is 1. The van der Waals surface area contributed by atoms with Gasteiger partial charge in [-0.3, -0.25) is 14.5 Å². The number of halogens is 1. The predicted octanol–water partition coefficient (Wildman–Crippen LogP) is -0.607. The van der Waals surface area contributed by atoms with E-state index in [2.05, 4.69) is 17.1 Å². The summed E-state index contributed by atoms with van der Waals surface area (Å²) in [4.78, 5) is 29.3. The minimum absolute atomic E-state index is 0. The molecule has 2 rings (SSSR count). The fourth-order valence-electron chi connectivity index (χ4n) is 2.72. The van der Waals surface area contributed by atoms with Crippen LogP contribution in [0.15, 0.2) is 0 Å². The van der Waals surface area contributed by atoms with E-state index in [1.165, 1.54) is 0 Å². The molecule has 7 heteroatoms. The van der Waals surface area contributed by atoms with Gasteiger partial charge in [-0.05, 0) is 6.92 Å². The molecule has 1 N–H and O–H groups in total. The Balaban J connectivity index is 0.00000200. The summed E-state index contributed by atoms with van der Waals surface area (Å²) < 4.78 is 0. The molecule has 0 radical (unpaired) electrons. The molecule has 0 aromatic carbocycles. The second-order valence-electron chi connectivity index (χ2n) is 5.48. The maximum atomic E-state index is 12.2. The molecule has 2 heterocycles. The third-order valence-electron chi connectivity index (χ3n) is 3.89. The zero-order chi connectivity index (χ0) is 13.8. The maximum absolute atomic E-state index is 12.2. The first-order chi connectivity index (χ1) is 9.06. The highest BCUT2D eigenvalue weighted by Gasteiger charge is 2.25. The van der Waals surface area contributed by atoms with Crippen LogP contribution in [0.2, 0.25) is 0 Å². The van der Waals surface area contributed by atoms with Crippen LogP contribution in [0, 0.1) is 0 Å². The summed E-state index contributed by atoms with van der Waals surface area (Å²) >= 11 is 0. The molecule has 1 atom stereocenters. The Kier molecular flexibility index (Phi) is 6.71. The normalized spacial score (nSPS) is 24.2. The van der Waals surface area contributed by atoms with Crippen molar-refractivity contribution in [3.05, 3.63) is 0 Å². The van der Waals surface area contributed by atoms with Crippen LogP contribution in [-0.4, -0.2) is 84.9 Å². The highest BCUT2D eigenvalue weighted by atomic mass is 35.5. The van der Waals surface area contributed by atoms with Crippen molar-refractivity contribution < 1.29 is 9.59 Å². The predicted molar refractivity (Wildman–Crippen MR) is 80.0 cm³/mol. The average molecular weight is 305 g/mol. The Morgan fingerprint density at radius 2 is 1.70 bits per heavy atom. The number of carbonyl (C=O) groups is 2. The van der Waals surface area contributed by atoms with Crippen LogP contribution >= 0.6 is 12.4 Å². The standard InChI is InChI=1S/C13H24N4O2.ClH/c1-11-9-15(4-3-14-11)10-13(19)17-7-5-16(6-8-17)12(2)18;/h11,14H,3-10H2,1-2H3;1H. The van der Waals surface area contributed by atoms with E-state index in [-0.39, 0.29) is 24.2 Å². The van der Waals surface area contributed by atoms with Crippen molar-refractivity contribution in [1.29, 1.82) is 0 Å². The van der Waals surface area contributed by atoms with Gasteiger partial charge in [0.15, 0.2) is 0 Å². The molecule has 0 bridgehead atoms. The molecule has 6 nitrogen and oxygen atoms in total. The van der Waals surface area contributed by atoms with Crippen LogP contribution in [0.3, 0.4) is 0 Å². The first-order valence-corrected chi connectivity index (χ1v) is 7.05. The van der Waals surface area contributed by atoms with Crippen LogP contribution in [0.5, 0.6) is 0 Å². The smallest absolute Gasteiger partial charge is 0.236 e. The van der Waals surface area contributed by atoms with Crippen molar-refractivity contribution in [2.75, 3.05) is 52.4 Å². The van der Waals surface area contributed by atoms with E-state index in [9.17, 15) is 9.59 Å². The molecule has 2 aliphatic heterocycles. The van der Waals surface area contributed by atoms with Gasteiger partial charge in [-0.15, -0.1) is 12.4 Å². The fourth-order valence-corrected chi connectivity index (χ4v) is 2.72. The summed E-state index contributed by atoms with van der Waals surface area (Å²) in [6.07, 6.45) is 0. The highest BCUT2D eigenvalue weighted by Crippen LogP contribution is 2.05. The molecule has 2 saturated heterocycles. The molecule has 2 amide bonds. The average Bonchev–Trinajstić information content (AvgIpc) is 2.39. The molecule has 20 heavy (non-hydrogen) atoms. The third-order valence-corrected chi connectivity index (χ3v) is 3.89. The Bertz CT molecular complexity index is 345. The molecule has 0 aliphatic carbocycles. The van der Waals surface area contributed by atoms with Gasteiger partial charge in [-0.25, -0.2) is 0 Å². The highest BCUT2D eigenvalue weighted by molar-refractivity contribution is 5.85. The molecule has 1 unspecified atom stereocenters. The summed E-state index contributed by atoms with van der Waals surface area (Å²) in [7, 11) is 0. The topological polar surface area (TPSA) is 55.9 Å². The van der Waals surface area contributed by atoms with Crippen molar-refractivity contribution in [1.82, 2.24) is 20.0 Å². The minimum atomic E-state index is 0. The van der Waals surface area contributed by atoms with Crippen LogP contribution in [-0.2, 0) is 9.59 Å². The second-order valence-corrected chi connectivity index (χ2v) is 5.48. The monoisotopic (exact) mass is 304 g/mol. The number of piperazine rings is 2. The molecule has 116 valence electrons. The number of nitrogens with zero attached hydrogens (tertiary/aromatic N) is 3. The lowest BCUT2D eigenvalue weighted by Crippen LogP contribution is -2.55. The molecular formula is C13H25ClN4O2. The lowest BCUT2D eigenvalue weighted by Gasteiger charge is -2.37. The molecule has 2 fully saturated rings. The van der Waals surface area contributed by atoms with Crippen LogP contribution in [0.4, 0.5) is 0 Å². The second kappa shape index (κ2) is 7.81.